The van der Waals surface area contributed by atoms with Crippen LogP contribution in [0.4, 0.5) is 4.79 Å². The van der Waals surface area contributed by atoms with Crippen LogP contribution in [0.2, 0.25) is 0 Å². The Balaban J connectivity index is 1.38. The van der Waals surface area contributed by atoms with Gasteiger partial charge < -0.3 is 35.5 Å². The predicted octanol–water partition coefficient (Wildman–Crippen LogP) is 3.86. The smallest absolute Gasteiger partial charge is 0.408 e. The molecule has 0 unspecified atom stereocenters. The van der Waals surface area contributed by atoms with Crippen LogP contribution in [0.3, 0.4) is 0 Å². The molecule has 6 rings (SSSR count). The number of hydrogen-bond donors (Lipinski definition) is 4. The highest BCUT2D eigenvalue weighted by Gasteiger charge is 2.63. The molecule has 7 atom stereocenters. The fourth-order valence-electron chi connectivity index (χ4n) is 8.02. The highest BCUT2D eigenvalue weighted by Crippen LogP contribution is 2.48. The number of allylic oxidation sites excluding steroid dienone is 1. The molecule has 1 saturated heterocycles. The number of pyridine rings is 1. The number of carbonyl (C=O) groups excluding carboxylic acids is 5. The van der Waals surface area contributed by atoms with Crippen molar-refractivity contribution >= 4 is 50.5 Å². The summed E-state index contributed by atoms with van der Waals surface area (Å²) in [7, 11) is -2.55. The van der Waals surface area contributed by atoms with Crippen LogP contribution in [0.1, 0.15) is 103 Å². The van der Waals surface area contributed by atoms with Gasteiger partial charge in [-0.15, -0.1) is 0 Å². The summed E-state index contributed by atoms with van der Waals surface area (Å²) in [5.74, 6) is -2.87. The number of aromatic nitrogens is 1. The highest BCUT2D eigenvalue weighted by molar-refractivity contribution is 7.91. The number of rotatable bonds is 9. The normalized spacial score (nSPS) is 29.1. The average molecular weight is 825 g/mol. The van der Waals surface area contributed by atoms with Gasteiger partial charge in [-0.2, -0.15) is 0 Å². The Hall–Kier alpha value is -4.93. The number of hydrogen-bond acceptors (Lipinski definition) is 11. The monoisotopic (exact) mass is 824 g/mol. The lowest BCUT2D eigenvalue weighted by atomic mass is 9.85. The number of fused-ring (bicyclic) bond motifs is 3. The molecule has 2 aliphatic carbocycles. The minimum atomic E-state index is -4.03. The first kappa shape index (κ1) is 42.7. The van der Waals surface area contributed by atoms with Crippen molar-refractivity contribution in [3.63, 3.8) is 0 Å². The topological polar surface area (TPSA) is 225 Å². The van der Waals surface area contributed by atoms with Gasteiger partial charge >= 0.3 is 6.09 Å². The quantitative estimate of drug-likeness (QED) is 0.266. The van der Waals surface area contributed by atoms with Crippen molar-refractivity contribution in [2.24, 2.45) is 23.5 Å². The maximum Gasteiger partial charge on any atom is 0.408 e. The van der Waals surface area contributed by atoms with Crippen LogP contribution in [-0.2, 0) is 29.1 Å². The molecule has 2 aromatic rings. The molecular weight excluding hydrogens is 769 g/mol. The van der Waals surface area contributed by atoms with Crippen LogP contribution in [0, 0.1) is 17.8 Å². The summed E-state index contributed by atoms with van der Waals surface area (Å²) in [6.07, 6.45) is 6.93. The Bertz CT molecular complexity index is 2110. The number of methoxy groups -OCH3 is 1. The third-order valence-electron chi connectivity index (χ3n) is 11.9. The Morgan fingerprint density at radius 1 is 1.12 bits per heavy atom. The SMILES string of the molecule is CC[C@@H]1C[C@H](C)CC/C=C\[C@@H]2C[C@@]2(C(=O)NS(=O)(=O)C2(C)CC2)NC(=O)[C@@H]2C[C@@H](Oc3ncc(C(N)=O)c4cc(OC)ccc34)CN2C(=O)[C@H]1NC(=O)OC(C)(C)C. The number of nitrogens with one attached hydrogen (secondary N) is 3. The molecule has 0 radical (unpaired) electrons. The van der Waals surface area contributed by atoms with Gasteiger partial charge in [-0.05, 0) is 96.3 Å². The van der Waals surface area contributed by atoms with E-state index in [1.165, 1.54) is 18.2 Å². The molecule has 3 heterocycles. The van der Waals surface area contributed by atoms with Gasteiger partial charge in [0.25, 0.3) is 11.8 Å². The number of amides is 5. The second-order valence-electron chi connectivity index (χ2n) is 17.5. The van der Waals surface area contributed by atoms with Gasteiger partial charge in [0.2, 0.25) is 27.7 Å². The van der Waals surface area contributed by atoms with E-state index in [1.54, 1.807) is 45.9 Å². The first-order valence-corrected chi connectivity index (χ1v) is 21.5. The molecule has 5 amide bonds. The predicted molar refractivity (Wildman–Crippen MR) is 214 cm³/mol. The Kier molecular flexibility index (Phi) is 11.8. The Labute approximate surface area is 339 Å². The van der Waals surface area contributed by atoms with Crippen molar-refractivity contribution in [3.8, 4) is 11.6 Å². The van der Waals surface area contributed by atoms with E-state index in [9.17, 15) is 32.4 Å². The molecule has 17 heteroatoms. The molecular formula is C41H56N6O10S. The number of primary amides is 1. The zero-order valence-electron chi connectivity index (χ0n) is 34.3. The molecule has 2 saturated carbocycles. The van der Waals surface area contributed by atoms with Crippen molar-refractivity contribution in [2.75, 3.05) is 13.7 Å². The van der Waals surface area contributed by atoms with E-state index in [2.05, 4.69) is 27.3 Å². The first-order chi connectivity index (χ1) is 27.2. The zero-order valence-corrected chi connectivity index (χ0v) is 35.1. The largest absolute Gasteiger partial charge is 0.497 e. The summed E-state index contributed by atoms with van der Waals surface area (Å²) < 4.78 is 45.1. The summed E-state index contributed by atoms with van der Waals surface area (Å²) >= 11 is 0. The number of nitrogens with two attached hydrogens (primary N) is 1. The highest BCUT2D eigenvalue weighted by atomic mass is 32.2. The van der Waals surface area contributed by atoms with E-state index in [1.807, 2.05) is 19.1 Å². The summed E-state index contributed by atoms with van der Waals surface area (Å²) in [6, 6.07) is 2.68. The van der Waals surface area contributed by atoms with Crippen LogP contribution < -0.4 is 30.6 Å². The van der Waals surface area contributed by atoms with Gasteiger partial charge in [-0.25, -0.2) is 18.2 Å². The number of ether oxygens (including phenoxy) is 3. The lowest BCUT2D eigenvalue weighted by Crippen LogP contribution is -2.59. The minimum Gasteiger partial charge on any atom is -0.497 e. The van der Waals surface area contributed by atoms with E-state index in [-0.39, 0.29) is 42.7 Å². The number of nitrogens with zero attached hydrogens (tertiary/aromatic N) is 2. The maximum atomic E-state index is 15.0. The molecule has 3 fully saturated rings. The van der Waals surface area contributed by atoms with Crippen molar-refractivity contribution in [1.29, 1.82) is 0 Å². The molecule has 0 bridgehead atoms. The van der Waals surface area contributed by atoms with Gasteiger partial charge in [0.15, 0.2) is 0 Å². The first-order valence-electron chi connectivity index (χ1n) is 20.0. The molecule has 1 aromatic carbocycles. The second kappa shape index (κ2) is 16.0. The van der Waals surface area contributed by atoms with E-state index in [0.717, 1.165) is 6.42 Å². The van der Waals surface area contributed by atoms with Crippen molar-refractivity contribution in [3.05, 3.63) is 42.1 Å². The van der Waals surface area contributed by atoms with E-state index >= 15 is 0 Å². The summed E-state index contributed by atoms with van der Waals surface area (Å²) in [5, 5.41) is 6.58. The van der Waals surface area contributed by atoms with E-state index in [4.69, 9.17) is 19.9 Å². The number of carbonyl (C=O) groups is 5. The maximum absolute atomic E-state index is 15.0. The molecule has 316 valence electrons. The Morgan fingerprint density at radius 3 is 2.48 bits per heavy atom. The fraction of sp³-hybridized carbons (Fsp3) is 0.610. The number of alkyl carbamates (subject to hydrolysis) is 1. The van der Waals surface area contributed by atoms with Gasteiger partial charge in [0, 0.05) is 29.3 Å². The van der Waals surface area contributed by atoms with Crippen LogP contribution in [0.5, 0.6) is 11.6 Å². The third kappa shape index (κ3) is 8.88. The van der Waals surface area contributed by atoms with Gasteiger partial charge in [-0.3, -0.25) is 23.9 Å². The Morgan fingerprint density at radius 2 is 1.84 bits per heavy atom. The third-order valence-corrected chi connectivity index (χ3v) is 14.0. The molecule has 16 nitrogen and oxygen atoms in total. The molecule has 1 aromatic heterocycles. The molecule has 2 aliphatic heterocycles. The molecule has 0 spiro atoms. The lowest BCUT2D eigenvalue weighted by Gasteiger charge is -2.34. The second-order valence-corrected chi connectivity index (χ2v) is 19.7. The van der Waals surface area contributed by atoms with Crippen LogP contribution in [0.25, 0.3) is 10.8 Å². The summed E-state index contributed by atoms with van der Waals surface area (Å²) in [4.78, 5) is 75.0. The average Bonchev–Trinajstić information content (AvgIpc) is 4.03. The van der Waals surface area contributed by atoms with Crippen LogP contribution in [0.15, 0.2) is 36.5 Å². The standard InChI is InChI=1S/C41H56N6O10S/c1-8-24-17-23(2)11-9-10-12-25-20-41(25,37(51)46-58(53,54)40(6)15-16-40)45-34(49)31-19-27(22-47(31)36(50)32(24)44-38(52)57-39(3,4)5)56-35-28-14-13-26(55-7)18-29(28)30(21-43-35)33(42)48/h10,12-14,18,21,23-25,27,31-32H,8-9,11,15-17,19-20,22H2,1-7H3,(H2,42,48)(H,44,52)(H,45,49)(H,46,51)/b12-10-/t23-,24-,25-,27-,31+,32+,41-/m1/s1. The fourth-order valence-corrected chi connectivity index (χ4v) is 9.33. The van der Waals surface area contributed by atoms with Gasteiger partial charge in [0.1, 0.15) is 35.1 Å². The van der Waals surface area contributed by atoms with Crippen LogP contribution in [-0.4, -0.2) is 95.8 Å². The number of benzene rings is 1. The van der Waals surface area contributed by atoms with E-state index in [0.29, 0.717) is 48.6 Å². The van der Waals surface area contributed by atoms with Gasteiger partial charge in [0.05, 0.1) is 24.0 Å². The molecule has 58 heavy (non-hydrogen) atoms. The molecule has 4 aliphatic rings. The summed E-state index contributed by atoms with van der Waals surface area (Å²) in [5.41, 5.74) is 3.37. The number of sulfonamides is 1. The molecule has 5 N–H and O–H groups in total. The van der Waals surface area contributed by atoms with Crippen molar-refractivity contribution in [2.45, 2.75) is 127 Å². The van der Waals surface area contributed by atoms with Crippen molar-refractivity contribution < 1.29 is 46.6 Å². The van der Waals surface area contributed by atoms with Gasteiger partial charge in [-0.1, -0.05) is 32.4 Å². The minimum absolute atomic E-state index is 0.0462. The lowest BCUT2D eigenvalue weighted by molar-refractivity contribution is -0.142. The van der Waals surface area contributed by atoms with Crippen molar-refractivity contribution in [1.82, 2.24) is 25.2 Å². The van der Waals surface area contributed by atoms with Crippen LogP contribution >= 0.6 is 0 Å². The zero-order chi connectivity index (χ0) is 42.4. The summed E-state index contributed by atoms with van der Waals surface area (Å²) in [6.45, 7) is 10.6. The van der Waals surface area contributed by atoms with E-state index < -0.39 is 79.7 Å².